The molecule has 3 rings (SSSR count). The molecule has 0 aliphatic heterocycles. The monoisotopic (exact) mass is 335 g/mol. The highest BCUT2D eigenvalue weighted by Gasteiger charge is 2.24. The minimum atomic E-state index is -0.703. The van der Waals surface area contributed by atoms with Crippen LogP contribution < -0.4 is 11.5 Å². The fraction of sp³-hybridized carbons (Fsp3) is 0.167. The van der Waals surface area contributed by atoms with E-state index in [0.717, 1.165) is 5.56 Å². The standard InChI is InChI=1S/C18H17N5O2/c1-8-4-5-13(24)9(2)15(8)23-16(20)14(17(21)25)12-6-11(7-19)10(3)22-18(12)23/h4-6,24H,20H2,1-3H3,(H2,21,25). The summed E-state index contributed by atoms with van der Waals surface area (Å²) in [6.45, 7) is 5.33. The molecule has 0 spiro atoms. The average Bonchev–Trinajstić information content (AvgIpc) is 2.82. The number of benzene rings is 1. The predicted molar refractivity (Wildman–Crippen MR) is 94.6 cm³/mol. The molecule has 25 heavy (non-hydrogen) atoms. The van der Waals surface area contributed by atoms with E-state index in [0.29, 0.717) is 33.5 Å². The zero-order chi connectivity index (χ0) is 18.5. The molecular formula is C18H17N5O2. The summed E-state index contributed by atoms with van der Waals surface area (Å²) >= 11 is 0. The van der Waals surface area contributed by atoms with Crippen LogP contribution >= 0.6 is 0 Å². The third kappa shape index (κ3) is 2.27. The second-order valence-electron chi connectivity index (χ2n) is 5.94. The van der Waals surface area contributed by atoms with Gasteiger partial charge in [-0.2, -0.15) is 5.26 Å². The Morgan fingerprint density at radius 2 is 2.00 bits per heavy atom. The maximum Gasteiger partial charge on any atom is 0.253 e. The lowest BCUT2D eigenvalue weighted by Gasteiger charge is -2.15. The molecule has 0 unspecified atom stereocenters. The van der Waals surface area contributed by atoms with Crippen LogP contribution in [0.4, 0.5) is 5.82 Å². The number of aryl methyl sites for hydroxylation is 2. The number of nitrogen functional groups attached to an aromatic ring is 1. The molecule has 7 nitrogen and oxygen atoms in total. The molecule has 0 fully saturated rings. The van der Waals surface area contributed by atoms with Crippen LogP contribution in [-0.2, 0) is 0 Å². The van der Waals surface area contributed by atoms with Crippen molar-refractivity contribution in [3.8, 4) is 17.5 Å². The van der Waals surface area contributed by atoms with Crippen LogP contribution in [0.15, 0.2) is 18.2 Å². The number of phenolic OH excluding ortho intramolecular Hbond substituents is 1. The number of pyridine rings is 1. The van der Waals surface area contributed by atoms with Gasteiger partial charge in [0.25, 0.3) is 5.91 Å². The highest BCUT2D eigenvalue weighted by atomic mass is 16.3. The molecule has 7 heteroatoms. The van der Waals surface area contributed by atoms with Gasteiger partial charge in [-0.05, 0) is 38.5 Å². The number of fused-ring (bicyclic) bond motifs is 1. The van der Waals surface area contributed by atoms with Gasteiger partial charge < -0.3 is 16.6 Å². The Bertz CT molecular complexity index is 1090. The smallest absolute Gasteiger partial charge is 0.253 e. The second-order valence-corrected chi connectivity index (χ2v) is 5.94. The Hall–Kier alpha value is -3.53. The van der Waals surface area contributed by atoms with Crippen molar-refractivity contribution >= 4 is 22.8 Å². The van der Waals surface area contributed by atoms with Crippen LogP contribution in [0.2, 0.25) is 0 Å². The van der Waals surface area contributed by atoms with Gasteiger partial charge in [0.05, 0.1) is 22.5 Å². The first-order valence-corrected chi connectivity index (χ1v) is 7.58. The predicted octanol–water partition coefficient (Wildman–Crippen LogP) is 2.21. The van der Waals surface area contributed by atoms with E-state index < -0.39 is 5.91 Å². The summed E-state index contributed by atoms with van der Waals surface area (Å²) in [6.07, 6.45) is 0. The second kappa shape index (κ2) is 5.53. The lowest BCUT2D eigenvalue weighted by Crippen LogP contribution is -2.14. The van der Waals surface area contributed by atoms with Gasteiger partial charge in [-0.3, -0.25) is 9.36 Å². The van der Waals surface area contributed by atoms with Crippen LogP contribution in [0.1, 0.15) is 32.7 Å². The van der Waals surface area contributed by atoms with Crippen molar-refractivity contribution in [1.82, 2.24) is 9.55 Å². The first kappa shape index (κ1) is 16.3. The van der Waals surface area contributed by atoms with E-state index in [1.165, 1.54) is 0 Å². The zero-order valence-corrected chi connectivity index (χ0v) is 14.1. The Labute approximate surface area is 144 Å². The number of amides is 1. The summed E-state index contributed by atoms with van der Waals surface area (Å²) in [5.41, 5.74) is 15.2. The van der Waals surface area contributed by atoms with Crippen LogP contribution in [0.3, 0.4) is 0 Å². The third-order valence-electron chi connectivity index (χ3n) is 4.37. The van der Waals surface area contributed by atoms with Crippen LogP contribution in [0.5, 0.6) is 5.75 Å². The Morgan fingerprint density at radius 1 is 1.32 bits per heavy atom. The van der Waals surface area contributed by atoms with Gasteiger partial charge in [0, 0.05) is 10.9 Å². The molecule has 5 N–H and O–H groups in total. The molecular weight excluding hydrogens is 318 g/mol. The Kier molecular flexibility index (Phi) is 3.61. The largest absolute Gasteiger partial charge is 0.508 e. The minimum Gasteiger partial charge on any atom is -0.508 e. The van der Waals surface area contributed by atoms with E-state index in [-0.39, 0.29) is 17.1 Å². The number of hydrogen-bond acceptors (Lipinski definition) is 5. The number of nitrogens with two attached hydrogens (primary N) is 2. The number of aromatic nitrogens is 2. The molecule has 0 atom stereocenters. The first-order chi connectivity index (χ1) is 11.8. The van der Waals surface area contributed by atoms with Crippen molar-refractivity contribution in [2.24, 2.45) is 5.73 Å². The zero-order valence-electron chi connectivity index (χ0n) is 14.1. The lowest BCUT2D eigenvalue weighted by atomic mass is 10.1. The van der Waals surface area contributed by atoms with E-state index in [4.69, 9.17) is 11.5 Å². The van der Waals surface area contributed by atoms with Crippen molar-refractivity contribution in [2.45, 2.75) is 20.8 Å². The number of primary amides is 1. The number of anilines is 1. The van der Waals surface area contributed by atoms with E-state index in [9.17, 15) is 15.2 Å². The fourth-order valence-corrected chi connectivity index (χ4v) is 3.08. The third-order valence-corrected chi connectivity index (χ3v) is 4.37. The van der Waals surface area contributed by atoms with Crippen LogP contribution in [-0.4, -0.2) is 20.6 Å². The molecule has 0 radical (unpaired) electrons. The van der Waals surface area contributed by atoms with Gasteiger partial charge in [0.2, 0.25) is 0 Å². The van der Waals surface area contributed by atoms with Crippen molar-refractivity contribution in [3.63, 3.8) is 0 Å². The highest BCUT2D eigenvalue weighted by Crippen LogP contribution is 2.36. The summed E-state index contributed by atoms with van der Waals surface area (Å²) < 4.78 is 1.61. The number of aromatic hydroxyl groups is 1. The molecule has 0 aliphatic rings. The van der Waals surface area contributed by atoms with Crippen molar-refractivity contribution in [1.29, 1.82) is 5.26 Å². The molecule has 3 aromatic rings. The van der Waals surface area contributed by atoms with Gasteiger partial charge in [-0.1, -0.05) is 6.07 Å². The highest BCUT2D eigenvalue weighted by molar-refractivity contribution is 6.11. The SMILES string of the molecule is Cc1ccc(O)c(C)c1-n1c(N)c(C(N)=O)c2cc(C#N)c(C)nc21. The number of rotatable bonds is 2. The van der Waals surface area contributed by atoms with E-state index in [1.54, 1.807) is 36.6 Å². The van der Waals surface area contributed by atoms with Gasteiger partial charge in [-0.25, -0.2) is 4.98 Å². The number of hydrogen-bond donors (Lipinski definition) is 3. The molecule has 0 saturated heterocycles. The van der Waals surface area contributed by atoms with Gasteiger partial charge in [0.1, 0.15) is 23.3 Å². The van der Waals surface area contributed by atoms with Gasteiger partial charge >= 0.3 is 0 Å². The Balaban J connectivity index is 2.56. The van der Waals surface area contributed by atoms with E-state index in [1.807, 2.05) is 13.0 Å². The maximum absolute atomic E-state index is 12.0. The summed E-state index contributed by atoms with van der Waals surface area (Å²) in [5, 5.41) is 19.8. The Morgan fingerprint density at radius 3 is 2.60 bits per heavy atom. The molecule has 2 heterocycles. The number of nitrogens with zero attached hydrogens (tertiary/aromatic N) is 3. The summed E-state index contributed by atoms with van der Waals surface area (Å²) in [6, 6.07) is 6.96. The van der Waals surface area contributed by atoms with Crippen molar-refractivity contribution in [3.05, 3.63) is 46.1 Å². The van der Waals surface area contributed by atoms with Crippen molar-refractivity contribution < 1.29 is 9.90 Å². The first-order valence-electron chi connectivity index (χ1n) is 7.58. The number of carbonyl (C=O) groups excluding carboxylic acids is 1. The number of phenols is 1. The molecule has 2 aromatic heterocycles. The average molecular weight is 335 g/mol. The lowest BCUT2D eigenvalue weighted by molar-refractivity contribution is 0.100. The molecule has 126 valence electrons. The normalized spacial score (nSPS) is 10.8. The van der Waals surface area contributed by atoms with E-state index in [2.05, 4.69) is 4.98 Å². The topological polar surface area (TPSA) is 131 Å². The van der Waals surface area contributed by atoms with Crippen molar-refractivity contribution in [2.75, 3.05) is 5.73 Å². The molecule has 0 saturated carbocycles. The number of nitriles is 1. The minimum absolute atomic E-state index is 0.104. The number of carbonyl (C=O) groups is 1. The quantitative estimate of drug-likeness (QED) is 0.660. The fourth-order valence-electron chi connectivity index (χ4n) is 3.08. The van der Waals surface area contributed by atoms with Gasteiger partial charge in [0.15, 0.2) is 0 Å². The maximum atomic E-state index is 12.0. The molecule has 0 bridgehead atoms. The van der Waals surface area contributed by atoms with Crippen LogP contribution in [0, 0.1) is 32.1 Å². The van der Waals surface area contributed by atoms with Crippen LogP contribution in [0.25, 0.3) is 16.7 Å². The molecule has 0 aliphatic carbocycles. The summed E-state index contributed by atoms with van der Waals surface area (Å²) in [5.74, 6) is -0.472. The van der Waals surface area contributed by atoms with E-state index >= 15 is 0 Å². The van der Waals surface area contributed by atoms with Gasteiger partial charge in [-0.15, -0.1) is 0 Å². The molecule has 1 aromatic carbocycles. The summed E-state index contributed by atoms with van der Waals surface area (Å²) in [7, 11) is 0. The molecule has 1 amide bonds. The summed E-state index contributed by atoms with van der Waals surface area (Å²) in [4.78, 5) is 16.4.